The van der Waals surface area contributed by atoms with E-state index in [1.54, 1.807) is 23.5 Å². The molecule has 0 spiro atoms. The van der Waals surface area contributed by atoms with E-state index in [0.29, 0.717) is 18.5 Å². The van der Waals surface area contributed by atoms with Crippen LogP contribution in [0.3, 0.4) is 0 Å². The topological polar surface area (TPSA) is 49.3 Å². The molecule has 0 aliphatic heterocycles. The van der Waals surface area contributed by atoms with E-state index in [1.807, 2.05) is 30.5 Å². The number of carbonyl (C=O) groups is 1. The lowest BCUT2D eigenvalue weighted by Gasteiger charge is -2.05. The van der Waals surface area contributed by atoms with Crippen molar-refractivity contribution in [3.63, 3.8) is 0 Å². The molecule has 108 valence electrons. The van der Waals surface area contributed by atoms with E-state index >= 15 is 0 Å². The van der Waals surface area contributed by atoms with Crippen LogP contribution in [-0.2, 0) is 6.54 Å². The van der Waals surface area contributed by atoms with Gasteiger partial charge in [-0.05, 0) is 48.2 Å². The zero-order valence-electron chi connectivity index (χ0n) is 11.8. The predicted molar refractivity (Wildman–Crippen MR) is 85.2 cm³/mol. The molecule has 0 unspecified atom stereocenters. The summed E-state index contributed by atoms with van der Waals surface area (Å²) in [4.78, 5) is 13.2. The van der Waals surface area contributed by atoms with E-state index in [9.17, 15) is 4.79 Å². The molecule has 1 aromatic carbocycles. The van der Waals surface area contributed by atoms with Crippen LogP contribution in [0.15, 0.2) is 35.7 Å². The van der Waals surface area contributed by atoms with E-state index in [-0.39, 0.29) is 12.5 Å². The van der Waals surface area contributed by atoms with Gasteiger partial charge in [0.25, 0.3) is 5.91 Å². The van der Waals surface area contributed by atoms with Gasteiger partial charge in [0.05, 0.1) is 13.2 Å². The van der Waals surface area contributed by atoms with Crippen LogP contribution in [0.1, 0.15) is 32.8 Å². The summed E-state index contributed by atoms with van der Waals surface area (Å²) >= 11 is 1.65. The quantitative estimate of drug-likeness (QED) is 0.853. The summed E-state index contributed by atoms with van der Waals surface area (Å²) in [6.45, 7) is 2.66. The van der Waals surface area contributed by atoms with Gasteiger partial charge in [0.2, 0.25) is 0 Å². The second-order valence-corrected chi connectivity index (χ2v) is 5.56. The van der Waals surface area contributed by atoms with Crippen LogP contribution in [0.4, 0.5) is 0 Å². The van der Waals surface area contributed by atoms with Crippen LogP contribution in [0, 0.1) is 18.8 Å². The lowest BCUT2D eigenvalue weighted by Crippen LogP contribution is -2.22. The van der Waals surface area contributed by atoms with Crippen molar-refractivity contribution < 1.29 is 9.90 Å². The average molecular weight is 299 g/mol. The number of thiophene rings is 1. The molecule has 0 bridgehead atoms. The fourth-order valence-electron chi connectivity index (χ4n) is 1.77. The number of aliphatic hydroxyl groups is 1. The van der Waals surface area contributed by atoms with E-state index in [2.05, 4.69) is 17.2 Å². The third-order valence-electron chi connectivity index (χ3n) is 2.99. The van der Waals surface area contributed by atoms with Gasteiger partial charge < -0.3 is 10.4 Å². The van der Waals surface area contributed by atoms with Crippen LogP contribution in [0.5, 0.6) is 0 Å². The zero-order valence-corrected chi connectivity index (χ0v) is 12.7. The summed E-state index contributed by atoms with van der Waals surface area (Å²) in [7, 11) is 0. The Morgan fingerprint density at radius 1 is 1.29 bits per heavy atom. The van der Waals surface area contributed by atoms with Crippen molar-refractivity contribution in [1.82, 2.24) is 5.32 Å². The van der Waals surface area contributed by atoms with Crippen molar-refractivity contribution >= 4 is 17.2 Å². The molecule has 0 atom stereocenters. The van der Waals surface area contributed by atoms with Gasteiger partial charge in [0, 0.05) is 22.4 Å². The number of benzene rings is 1. The van der Waals surface area contributed by atoms with Crippen LogP contribution in [-0.4, -0.2) is 17.6 Å². The molecule has 21 heavy (non-hydrogen) atoms. The SMILES string of the molecule is Cc1ccsc1CNC(=O)c1ccc(C#CCCO)cc1. The fraction of sp³-hybridized carbons (Fsp3) is 0.235. The lowest BCUT2D eigenvalue weighted by molar-refractivity contribution is 0.0951. The second kappa shape index (κ2) is 7.63. The normalized spacial score (nSPS) is 9.81. The maximum Gasteiger partial charge on any atom is 0.251 e. The number of amides is 1. The van der Waals surface area contributed by atoms with Crippen molar-refractivity contribution in [1.29, 1.82) is 0 Å². The molecule has 4 heteroatoms. The summed E-state index contributed by atoms with van der Waals surface area (Å²) in [5.41, 5.74) is 2.67. The highest BCUT2D eigenvalue weighted by atomic mass is 32.1. The first-order valence-electron chi connectivity index (χ1n) is 6.71. The number of nitrogens with one attached hydrogen (secondary N) is 1. The van der Waals surface area contributed by atoms with Crippen molar-refractivity contribution in [2.45, 2.75) is 19.9 Å². The van der Waals surface area contributed by atoms with E-state index in [1.165, 1.54) is 10.4 Å². The number of carbonyl (C=O) groups excluding carboxylic acids is 1. The highest BCUT2D eigenvalue weighted by Crippen LogP contribution is 2.15. The zero-order chi connectivity index (χ0) is 15.1. The van der Waals surface area contributed by atoms with Gasteiger partial charge in [-0.2, -0.15) is 0 Å². The minimum atomic E-state index is -0.0855. The predicted octanol–water partition coefficient (Wildman–Crippen LogP) is 2.72. The van der Waals surface area contributed by atoms with Crippen LogP contribution in [0.2, 0.25) is 0 Å². The molecule has 1 heterocycles. The van der Waals surface area contributed by atoms with Crippen molar-refractivity contribution in [3.05, 3.63) is 57.3 Å². The third kappa shape index (κ3) is 4.45. The summed E-state index contributed by atoms with van der Waals surface area (Å²) in [6, 6.07) is 9.20. The summed E-state index contributed by atoms with van der Waals surface area (Å²) in [5, 5.41) is 13.6. The standard InChI is InChI=1S/C17H17NO2S/c1-13-9-11-21-16(13)12-18-17(20)15-7-5-14(6-8-15)4-2-3-10-19/h5-9,11,19H,3,10,12H2,1H3,(H,18,20). The molecule has 0 saturated carbocycles. The van der Waals surface area contributed by atoms with Crippen LogP contribution < -0.4 is 5.32 Å². The van der Waals surface area contributed by atoms with Gasteiger partial charge in [-0.3, -0.25) is 4.79 Å². The monoisotopic (exact) mass is 299 g/mol. The highest BCUT2D eigenvalue weighted by Gasteiger charge is 2.06. The summed E-state index contributed by atoms with van der Waals surface area (Å²) in [6.07, 6.45) is 0.461. The Balaban J connectivity index is 1.94. The first-order valence-corrected chi connectivity index (χ1v) is 7.59. The molecular formula is C17H17NO2S. The number of aliphatic hydroxyl groups excluding tert-OH is 1. The van der Waals surface area contributed by atoms with Gasteiger partial charge in [0.15, 0.2) is 0 Å². The molecule has 0 aliphatic rings. The largest absolute Gasteiger partial charge is 0.395 e. The maximum absolute atomic E-state index is 12.0. The molecule has 2 rings (SSSR count). The molecule has 0 aliphatic carbocycles. The van der Waals surface area contributed by atoms with Crippen LogP contribution in [0.25, 0.3) is 0 Å². The fourth-order valence-corrected chi connectivity index (χ4v) is 2.62. The smallest absolute Gasteiger partial charge is 0.251 e. The van der Waals surface area contributed by atoms with E-state index in [4.69, 9.17) is 5.11 Å². The summed E-state index contributed by atoms with van der Waals surface area (Å²) < 4.78 is 0. The van der Waals surface area contributed by atoms with Crippen molar-refractivity contribution in [2.24, 2.45) is 0 Å². The number of rotatable bonds is 4. The first kappa shape index (κ1) is 15.3. The van der Waals surface area contributed by atoms with Gasteiger partial charge in [-0.25, -0.2) is 0 Å². The Kier molecular flexibility index (Phi) is 5.56. The van der Waals surface area contributed by atoms with Gasteiger partial charge >= 0.3 is 0 Å². The van der Waals surface area contributed by atoms with Gasteiger partial charge in [0.1, 0.15) is 0 Å². The van der Waals surface area contributed by atoms with E-state index < -0.39 is 0 Å². The third-order valence-corrected chi connectivity index (χ3v) is 4.02. The molecule has 2 aromatic rings. The molecule has 0 radical (unpaired) electrons. The Labute approximate surface area is 128 Å². The Morgan fingerprint density at radius 2 is 2.05 bits per heavy atom. The minimum Gasteiger partial charge on any atom is -0.395 e. The van der Waals surface area contributed by atoms with Crippen molar-refractivity contribution in [2.75, 3.05) is 6.61 Å². The Morgan fingerprint density at radius 3 is 2.67 bits per heavy atom. The highest BCUT2D eigenvalue weighted by molar-refractivity contribution is 7.10. The molecule has 0 fully saturated rings. The van der Waals surface area contributed by atoms with E-state index in [0.717, 1.165) is 5.56 Å². The number of aryl methyl sites for hydroxylation is 1. The second-order valence-electron chi connectivity index (χ2n) is 4.56. The molecule has 1 aromatic heterocycles. The average Bonchev–Trinajstić information content (AvgIpc) is 2.91. The molecule has 3 nitrogen and oxygen atoms in total. The first-order chi connectivity index (χ1) is 10.2. The Bertz CT molecular complexity index is 662. The lowest BCUT2D eigenvalue weighted by atomic mass is 10.1. The number of hydrogen-bond acceptors (Lipinski definition) is 3. The van der Waals surface area contributed by atoms with Gasteiger partial charge in [-0.15, -0.1) is 11.3 Å². The number of hydrogen-bond donors (Lipinski definition) is 2. The Hall–Kier alpha value is -2.09. The molecule has 1 amide bonds. The van der Waals surface area contributed by atoms with Crippen LogP contribution >= 0.6 is 11.3 Å². The maximum atomic E-state index is 12.0. The van der Waals surface area contributed by atoms with Gasteiger partial charge in [-0.1, -0.05) is 11.8 Å². The molecule has 0 saturated heterocycles. The molecular weight excluding hydrogens is 282 g/mol. The summed E-state index contributed by atoms with van der Waals surface area (Å²) in [5.74, 6) is 5.70. The van der Waals surface area contributed by atoms with Crippen molar-refractivity contribution in [3.8, 4) is 11.8 Å². The minimum absolute atomic E-state index is 0.0651. The molecule has 2 N–H and O–H groups in total.